The molecule has 1 aromatic heterocycles. The number of nitrogens with one attached hydrogen (secondary N) is 1. The lowest BCUT2D eigenvalue weighted by Crippen LogP contribution is -2.49. The van der Waals surface area contributed by atoms with E-state index in [2.05, 4.69) is 10.4 Å². The molecular weight excluding hydrogens is 294 g/mol. The van der Waals surface area contributed by atoms with Crippen molar-refractivity contribution in [2.45, 2.75) is 25.1 Å². The van der Waals surface area contributed by atoms with E-state index in [0.29, 0.717) is 25.3 Å². The fourth-order valence-corrected chi connectivity index (χ4v) is 2.75. The minimum absolute atomic E-state index is 0.0176. The molecule has 2 heterocycles. The van der Waals surface area contributed by atoms with Gasteiger partial charge in [-0.1, -0.05) is 12.1 Å². The Morgan fingerprint density at radius 2 is 2.39 bits per heavy atom. The van der Waals surface area contributed by atoms with Crippen LogP contribution in [0.25, 0.3) is 0 Å². The van der Waals surface area contributed by atoms with Crippen LogP contribution in [0.2, 0.25) is 0 Å². The molecular formula is C17H21N3O3. The second kappa shape index (κ2) is 7.39. The summed E-state index contributed by atoms with van der Waals surface area (Å²) in [7, 11) is 1.64. The van der Waals surface area contributed by atoms with E-state index in [9.17, 15) is 4.79 Å². The van der Waals surface area contributed by atoms with Gasteiger partial charge in [-0.25, -0.2) is 0 Å². The SMILES string of the molecule is CO[C@@H]1COCC[C@H]1NC(=O)c1cccc(Cn2cccn2)c1. The summed E-state index contributed by atoms with van der Waals surface area (Å²) in [5, 5.41) is 7.24. The van der Waals surface area contributed by atoms with Crippen molar-refractivity contribution in [1.82, 2.24) is 15.1 Å². The maximum atomic E-state index is 12.5. The molecule has 0 spiro atoms. The molecule has 0 bridgehead atoms. The second-order valence-corrected chi connectivity index (χ2v) is 5.62. The molecule has 1 fully saturated rings. The molecule has 1 saturated heterocycles. The molecule has 1 aliphatic rings. The van der Waals surface area contributed by atoms with Crippen LogP contribution in [-0.2, 0) is 16.0 Å². The summed E-state index contributed by atoms with van der Waals surface area (Å²) >= 11 is 0. The van der Waals surface area contributed by atoms with Crippen molar-refractivity contribution in [1.29, 1.82) is 0 Å². The number of benzene rings is 1. The van der Waals surface area contributed by atoms with Crippen LogP contribution in [0.3, 0.4) is 0 Å². The van der Waals surface area contributed by atoms with E-state index in [1.54, 1.807) is 13.3 Å². The standard InChI is InChI=1S/C17H21N3O3/c1-22-16-12-23-9-6-15(16)19-17(21)14-5-2-4-13(10-14)11-20-8-3-7-18-20/h2-5,7-8,10,15-16H,6,9,11-12H2,1H3,(H,19,21)/t15-,16-/m1/s1. The average Bonchev–Trinajstić information content (AvgIpc) is 3.08. The van der Waals surface area contributed by atoms with E-state index >= 15 is 0 Å². The highest BCUT2D eigenvalue weighted by Gasteiger charge is 2.27. The molecule has 6 heteroatoms. The summed E-state index contributed by atoms with van der Waals surface area (Å²) in [6, 6.07) is 9.47. The van der Waals surface area contributed by atoms with Crippen molar-refractivity contribution in [3.05, 3.63) is 53.9 Å². The van der Waals surface area contributed by atoms with Crippen LogP contribution in [0.1, 0.15) is 22.3 Å². The molecule has 1 aliphatic heterocycles. The minimum atomic E-state index is -0.0973. The first-order valence-electron chi connectivity index (χ1n) is 7.74. The van der Waals surface area contributed by atoms with Crippen molar-refractivity contribution >= 4 is 5.91 Å². The first kappa shape index (κ1) is 15.7. The fraction of sp³-hybridized carbons (Fsp3) is 0.412. The van der Waals surface area contributed by atoms with E-state index in [-0.39, 0.29) is 18.1 Å². The van der Waals surface area contributed by atoms with Crippen LogP contribution in [0.5, 0.6) is 0 Å². The van der Waals surface area contributed by atoms with Gasteiger partial charge in [-0.15, -0.1) is 0 Å². The molecule has 0 aliphatic carbocycles. The normalized spacial score (nSPS) is 21.1. The quantitative estimate of drug-likeness (QED) is 0.907. The van der Waals surface area contributed by atoms with E-state index in [4.69, 9.17) is 9.47 Å². The molecule has 0 radical (unpaired) electrons. The van der Waals surface area contributed by atoms with Gasteiger partial charge in [-0.05, 0) is 30.2 Å². The Labute approximate surface area is 135 Å². The van der Waals surface area contributed by atoms with Crippen molar-refractivity contribution in [3.63, 3.8) is 0 Å². The van der Waals surface area contributed by atoms with E-state index < -0.39 is 0 Å². The van der Waals surface area contributed by atoms with Crippen LogP contribution in [0.4, 0.5) is 0 Å². The Bertz CT molecular complexity index is 642. The number of ether oxygens (including phenoxy) is 2. The van der Waals surface area contributed by atoms with Crippen molar-refractivity contribution in [3.8, 4) is 0 Å². The highest BCUT2D eigenvalue weighted by Crippen LogP contribution is 2.13. The number of amides is 1. The maximum Gasteiger partial charge on any atom is 0.251 e. The van der Waals surface area contributed by atoms with E-state index in [1.807, 2.05) is 41.2 Å². The number of rotatable bonds is 5. The lowest BCUT2D eigenvalue weighted by Gasteiger charge is -2.31. The summed E-state index contributed by atoms with van der Waals surface area (Å²) in [6.45, 7) is 1.80. The van der Waals surface area contributed by atoms with Crippen molar-refractivity contribution in [2.75, 3.05) is 20.3 Å². The second-order valence-electron chi connectivity index (χ2n) is 5.62. The summed E-state index contributed by atoms with van der Waals surface area (Å²) in [6.07, 6.45) is 4.31. The Balaban J connectivity index is 1.67. The highest BCUT2D eigenvalue weighted by molar-refractivity contribution is 5.94. The first-order valence-corrected chi connectivity index (χ1v) is 7.74. The maximum absolute atomic E-state index is 12.5. The van der Waals surface area contributed by atoms with Gasteiger partial charge in [0.1, 0.15) is 6.10 Å². The number of aromatic nitrogens is 2. The molecule has 1 amide bonds. The fourth-order valence-electron chi connectivity index (χ4n) is 2.75. The van der Waals surface area contributed by atoms with Gasteiger partial charge in [0.2, 0.25) is 0 Å². The van der Waals surface area contributed by atoms with Crippen LogP contribution in [0, 0.1) is 0 Å². The smallest absolute Gasteiger partial charge is 0.251 e. The third kappa shape index (κ3) is 3.97. The zero-order valence-corrected chi connectivity index (χ0v) is 13.1. The van der Waals surface area contributed by atoms with Gasteiger partial charge < -0.3 is 14.8 Å². The number of hydrogen-bond acceptors (Lipinski definition) is 4. The summed E-state index contributed by atoms with van der Waals surface area (Å²) in [5.41, 5.74) is 1.69. The Kier molecular flexibility index (Phi) is 5.05. The van der Waals surface area contributed by atoms with E-state index in [0.717, 1.165) is 12.0 Å². The predicted octanol–water partition coefficient (Wildman–Crippen LogP) is 1.47. The number of carbonyl (C=O) groups excluding carboxylic acids is 1. The molecule has 2 aromatic rings. The van der Waals surface area contributed by atoms with Crippen molar-refractivity contribution < 1.29 is 14.3 Å². The summed E-state index contributed by atoms with van der Waals surface area (Å²) < 4.78 is 12.6. The predicted molar refractivity (Wildman–Crippen MR) is 85.3 cm³/mol. The molecule has 23 heavy (non-hydrogen) atoms. The van der Waals surface area contributed by atoms with E-state index in [1.165, 1.54) is 0 Å². The highest BCUT2D eigenvalue weighted by atomic mass is 16.5. The Morgan fingerprint density at radius 3 is 3.17 bits per heavy atom. The first-order chi connectivity index (χ1) is 11.3. The topological polar surface area (TPSA) is 65.4 Å². The lowest BCUT2D eigenvalue weighted by atomic mass is 10.0. The van der Waals surface area contributed by atoms with Gasteiger partial charge in [-0.2, -0.15) is 5.10 Å². The summed E-state index contributed by atoms with van der Waals surface area (Å²) in [5.74, 6) is -0.0822. The average molecular weight is 315 g/mol. The Hall–Kier alpha value is -2.18. The lowest BCUT2D eigenvalue weighted by molar-refractivity contribution is -0.0479. The van der Waals surface area contributed by atoms with Gasteiger partial charge in [0.05, 0.1) is 19.2 Å². The van der Waals surface area contributed by atoms with Gasteiger partial charge in [0.25, 0.3) is 5.91 Å². The minimum Gasteiger partial charge on any atom is -0.379 e. The largest absolute Gasteiger partial charge is 0.379 e. The van der Waals surface area contributed by atoms with Gasteiger partial charge in [0, 0.05) is 31.7 Å². The monoisotopic (exact) mass is 315 g/mol. The molecule has 6 nitrogen and oxygen atoms in total. The molecule has 3 rings (SSSR count). The van der Waals surface area contributed by atoms with Gasteiger partial charge >= 0.3 is 0 Å². The number of carbonyl (C=O) groups is 1. The third-order valence-electron chi connectivity index (χ3n) is 4.02. The van der Waals surface area contributed by atoms with Crippen LogP contribution < -0.4 is 5.32 Å². The molecule has 122 valence electrons. The summed E-state index contributed by atoms with van der Waals surface area (Å²) in [4.78, 5) is 12.5. The van der Waals surface area contributed by atoms with Crippen LogP contribution in [-0.4, -0.2) is 48.2 Å². The van der Waals surface area contributed by atoms with Crippen LogP contribution in [0.15, 0.2) is 42.7 Å². The third-order valence-corrected chi connectivity index (χ3v) is 4.02. The molecule has 0 unspecified atom stereocenters. The molecule has 1 N–H and O–H groups in total. The number of methoxy groups -OCH3 is 1. The van der Waals surface area contributed by atoms with Crippen LogP contribution >= 0.6 is 0 Å². The van der Waals surface area contributed by atoms with Gasteiger partial charge in [-0.3, -0.25) is 9.48 Å². The van der Waals surface area contributed by atoms with Gasteiger partial charge in [0.15, 0.2) is 0 Å². The zero-order valence-electron chi connectivity index (χ0n) is 13.1. The number of nitrogens with zero attached hydrogens (tertiary/aromatic N) is 2. The molecule has 1 aromatic carbocycles. The molecule has 2 atom stereocenters. The molecule has 0 saturated carbocycles. The Morgan fingerprint density at radius 1 is 1.48 bits per heavy atom. The van der Waals surface area contributed by atoms with Crippen molar-refractivity contribution in [2.24, 2.45) is 0 Å². The number of hydrogen-bond donors (Lipinski definition) is 1. The zero-order chi connectivity index (χ0) is 16.1.